The molecule has 18 heteroatoms. The zero-order valence-electron chi connectivity index (χ0n) is 42.7. The van der Waals surface area contributed by atoms with Crippen LogP contribution >= 0.6 is 0 Å². The number of hydrogen-bond donors (Lipinski definition) is 3. The molecular formula is C52H79N3O15. The number of aromatic nitrogens is 1. The maximum absolute atomic E-state index is 14.2. The Bertz CT molecular complexity index is 2010. The first-order valence-corrected chi connectivity index (χ1v) is 24.9. The van der Waals surface area contributed by atoms with Gasteiger partial charge in [-0.05, 0) is 104 Å². The molecule has 0 saturated carbocycles. The largest absolute Gasteiger partial charge is 0.466 e. The summed E-state index contributed by atoms with van der Waals surface area (Å²) >= 11 is 0. The number of carbonyl (C=O) groups is 4. The first kappa shape index (κ1) is 57.0. The Morgan fingerprint density at radius 3 is 2.43 bits per heavy atom. The Kier molecular flexibility index (Phi) is 21.7. The molecule has 5 rings (SSSR count). The van der Waals surface area contributed by atoms with E-state index in [1.54, 1.807) is 52.9 Å². The van der Waals surface area contributed by atoms with Crippen molar-refractivity contribution in [2.75, 3.05) is 47.9 Å². The van der Waals surface area contributed by atoms with Crippen molar-refractivity contribution in [1.82, 2.24) is 14.8 Å². The van der Waals surface area contributed by atoms with Crippen LogP contribution in [-0.2, 0) is 57.1 Å². The predicted molar refractivity (Wildman–Crippen MR) is 259 cm³/mol. The molecule has 0 radical (unpaired) electrons. The fourth-order valence-electron chi connectivity index (χ4n) is 10.3. The molecule has 1 aromatic carbocycles. The summed E-state index contributed by atoms with van der Waals surface area (Å²) in [5.74, 6) is -3.88. The molecule has 0 amide bonds. The van der Waals surface area contributed by atoms with Gasteiger partial charge in [-0.15, -0.1) is 0 Å². The molecule has 0 bridgehead atoms. The number of ether oxygens (including phenoxy) is 8. The number of likely N-dealkylation sites (N-methyl/N-ethyl adjacent to an activating group) is 2. The molecule has 16 atom stereocenters. The summed E-state index contributed by atoms with van der Waals surface area (Å²) in [6.45, 7) is 11.2. The second-order valence-electron chi connectivity index (χ2n) is 19.7. The maximum atomic E-state index is 14.2. The smallest absolute Gasteiger partial charge is 0.314 e. The molecule has 1 aromatic heterocycles. The zero-order valence-corrected chi connectivity index (χ0v) is 42.7. The number of hydrogen-bond acceptors (Lipinski definition) is 18. The summed E-state index contributed by atoms with van der Waals surface area (Å²) in [6, 6.07) is 8.95. The molecule has 2 aromatic rings. The molecule has 70 heavy (non-hydrogen) atoms. The van der Waals surface area contributed by atoms with Crippen LogP contribution in [0.2, 0.25) is 0 Å². The van der Waals surface area contributed by atoms with E-state index in [2.05, 4.69) is 4.98 Å². The first-order valence-electron chi connectivity index (χ1n) is 24.9. The molecule has 3 N–H and O–H groups in total. The highest BCUT2D eigenvalue weighted by Gasteiger charge is 2.54. The summed E-state index contributed by atoms with van der Waals surface area (Å²) < 4.78 is 49.6. The minimum absolute atomic E-state index is 0.0185. The summed E-state index contributed by atoms with van der Waals surface area (Å²) in [5.41, 5.74) is 0.278. The van der Waals surface area contributed by atoms with E-state index in [0.29, 0.717) is 32.4 Å². The Hall–Kier alpha value is -3.95. The van der Waals surface area contributed by atoms with Crippen LogP contribution < -0.4 is 0 Å². The first-order chi connectivity index (χ1) is 33.3. The molecule has 0 unspecified atom stereocenters. The number of esters is 3. The van der Waals surface area contributed by atoms with Crippen molar-refractivity contribution in [3.05, 3.63) is 48.2 Å². The minimum atomic E-state index is -1.55. The molecule has 392 valence electrons. The van der Waals surface area contributed by atoms with E-state index >= 15 is 0 Å². The lowest BCUT2D eigenvalue weighted by molar-refractivity contribution is -0.340. The van der Waals surface area contributed by atoms with Gasteiger partial charge in [-0.25, -0.2) is 0 Å². The Labute approximate surface area is 413 Å². The fourth-order valence-corrected chi connectivity index (χ4v) is 10.3. The van der Waals surface area contributed by atoms with Gasteiger partial charge in [-0.2, -0.15) is 0 Å². The molecule has 3 fully saturated rings. The van der Waals surface area contributed by atoms with E-state index < -0.39 is 115 Å². The van der Waals surface area contributed by atoms with Gasteiger partial charge in [0, 0.05) is 50.9 Å². The average molecular weight is 986 g/mol. The van der Waals surface area contributed by atoms with Gasteiger partial charge in [0.1, 0.15) is 42.7 Å². The minimum Gasteiger partial charge on any atom is -0.466 e. The normalized spacial score (nSPS) is 35.6. The summed E-state index contributed by atoms with van der Waals surface area (Å²) in [7, 11) is 6.82. The molecule has 3 aliphatic rings. The van der Waals surface area contributed by atoms with Crippen molar-refractivity contribution in [2.24, 2.45) is 17.8 Å². The summed E-state index contributed by atoms with van der Waals surface area (Å²) in [5, 5.41) is 36.4. The highest BCUT2D eigenvalue weighted by Crippen LogP contribution is 2.39. The number of para-hydroxylation sites is 1. The topological polar surface area (TPSA) is 222 Å². The third-order valence-corrected chi connectivity index (χ3v) is 13.9. The highest BCUT2D eigenvalue weighted by atomic mass is 16.7. The van der Waals surface area contributed by atoms with Crippen molar-refractivity contribution >= 4 is 41.2 Å². The van der Waals surface area contributed by atoms with E-state index in [-0.39, 0.29) is 38.2 Å². The van der Waals surface area contributed by atoms with Crippen LogP contribution in [0.1, 0.15) is 98.5 Å². The monoisotopic (exact) mass is 986 g/mol. The molecular weight excluding hydrogens is 907 g/mol. The molecule has 3 aliphatic heterocycles. The highest BCUT2D eigenvalue weighted by molar-refractivity contribution is 5.87. The number of methoxy groups -OCH3 is 1. The standard InChI is InChI=1S/C52H79N3O15/c1-11-41(58)68-40-28-42(59)67-36(18-15-17-34-22-24-53-38-21-14-13-20-37(34)38)19-16-25-55(9)30-39(57)31(3)27-35(23-26-56)48(49(40)63-10)70-51-46(60)45(54(7)8)47(33(5)66-51)69-43-29-52(6,62)44(32(4)65-43)50(61)64-12-2/h13-15,17,20-22,24,26,31-33,35-36,39-40,43-49,51,57,60,62H,11-12,16,18-19,23,25,27-30H2,1-10H3/b17-15+/t31-,32+,33-,35+,36-,39+,40-,43+,44-,45-,46-,47-,48+,49+,51+,52-/m1/s1. The number of benzene rings is 1. The molecule has 4 heterocycles. The van der Waals surface area contributed by atoms with E-state index in [4.69, 9.17) is 37.9 Å². The predicted octanol–water partition coefficient (Wildman–Crippen LogP) is 4.47. The van der Waals surface area contributed by atoms with Gasteiger partial charge in [0.2, 0.25) is 0 Å². The quantitative estimate of drug-likeness (QED) is 0.127. The molecule has 3 saturated heterocycles. The van der Waals surface area contributed by atoms with Gasteiger partial charge in [0.25, 0.3) is 0 Å². The average Bonchev–Trinajstić information content (AvgIpc) is 3.29. The number of aldehydes is 1. The van der Waals surface area contributed by atoms with Gasteiger partial charge >= 0.3 is 17.9 Å². The summed E-state index contributed by atoms with van der Waals surface area (Å²) in [6.07, 6.45) is -3.62. The number of carbonyl (C=O) groups excluding carboxylic acids is 4. The number of nitrogens with zero attached hydrogens (tertiary/aromatic N) is 3. The van der Waals surface area contributed by atoms with E-state index in [9.17, 15) is 34.5 Å². The third-order valence-electron chi connectivity index (χ3n) is 13.9. The van der Waals surface area contributed by atoms with Gasteiger partial charge in [0.05, 0.1) is 54.6 Å². The second kappa shape index (κ2) is 26.7. The lowest BCUT2D eigenvalue weighted by Gasteiger charge is -2.50. The molecule has 0 spiro atoms. The van der Waals surface area contributed by atoms with Crippen LogP contribution in [0.3, 0.4) is 0 Å². The molecule has 0 aliphatic carbocycles. The second-order valence-corrected chi connectivity index (χ2v) is 19.7. The van der Waals surface area contributed by atoms with Crippen LogP contribution in [0.4, 0.5) is 0 Å². The van der Waals surface area contributed by atoms with Crippen LogP contribution in [0.15, 0.2) is 42.6 Å². The van der Waals surface area contributed by atoms with Crippen LogP contribution in [0, 0.1) is 17.8 Å². The van der Waals surface area contributed by atoms with Crippen molar-refractivity contribution in [1.29, 1.82) is 0 Å². The summed E-state index contributed by atoms with van der Waals surface area (Å²) in [4.78, 5) is 61.1. The van der Waals surface area contributed by atoms with Gasteiger partial charge in [-0.1, -0.05) is 44.2 Å². The number of cyclic esters (lactones) is 1. The van der Waals surface area contributed by atoms with Crippen molar-refractivity contribution in [3.8, 4) is 0 Å². The number of aliphatic hydroxyl groups excluding tert-OH is 2. The molecule has 18 nitrogen and oxygen atoms in total. The number of β-amino-alcohol motifs (C(OH)–C–C–N with tert-alkyl or cyclic N) is 1. The lowest BCUT2D eigenvalue weighted by atomic mass is 9.80. The van der Waals surface area contributed by atoms with Gasteiger partial charge in [-0.3, -0.25) is 19.4 Å². The number of fused-ring (bicyclic) bond motifs is 1. The van der Waals surface area contributed by atoms with Crippen LogP contribution in [0.25, 0.3) is 17.0 Å². The van der Waals surface area contributed by atoms with Crippen LogP contribution in [-0.4, -0.2) is 181 Å². The number of aliphatic hydroxyl groups is 3. The Balaban J connectivity index is 1.46. The zero-order chi connectivity index (χ0) is 51.3. The third kappa shape index (κ3) is 15.1. The Morgan fingerprint density at radius 2 is 1.76 bits per heavy atom. The van der Waals surface area contributed by atoms with Crippen molar-refractivity contribution in [3.63, 3.8) is 0 Å². The van der Waals surface area contributed by atoms with Crippen molar-refractivity contribution < 1.29 is 72.4 Å². The number of rotatable bonds is 15. The van der Waals surface area contributed by atoms with Crippen LogP contribution in [0.5, 0.6) is 0 Å². The van der Waals surface area contributed by atoms with Gasteiger partial charge < -0.3 is 67.8 Å². The van der Waals surface area contributed by atoms with E-state index in [1.165, 1.54) is 14.0 Å². The van der Waals surface area contributed by atoms with E-state index in [1.807, 2.05) is 61.4 Å². The lowest BCUT2D eigenvalue weighted by Crippen LogP contribution is -2.65. The maximum Gasteiger partial charge on any atom is 0.314 e. The Morgan fingerprint density at radius 1 is 1.01 bits per heavy atom. The van der Waals surface area contributed by atoms with Gasteiger partial charge in [0.15, 0.2) is 12.6 Å². The van der Waals surface area contributed by atoms with E-state index in [0.717, 1.165) is 22.8 Å². The van der Waals surface area contributed by atoms with Crippen molar-refractivity contribution in [2.45, 2.75) is 172 Å². The number of pyridine rings is 1. The SMILES string of the molecule is CCOC(=O)[C@H]1[C@H](C)O[C@@H](O[C@H]2[C@H](N(C)C)[C@@H](O)[C@H](O[C@H]3[C@@H](CC=O)C[C@@H](C)[C@@H](O)CN(C)CCC[C@@H](C/C=C/c4ccnc5ccccc45)OC(=O)C[C@@H](OC(=O)CC)[C@@H]3OC)O[C@@H]2C)C[C@@]1(C)O. The fraction of sp³-hybridized carbons (Fsp3) is 0.712.